The van der Waals surface area contributed by atoms with Crippen molar-refractivity contribution in [3.05, 3.63) is 40.6 Å². The second kappa shape index (κ2) is 4.72. The van der Waals surface area contributed by atoms with Gasteiger partial charge in [-0.3, -0.25) is 4.68 Å². The lowest BCUT2D eigenvalue weighted by molar-refractivity contribution is 0.295. The van der Waals surface area contributed by atoms with Crippen LogP contribution in [0.15, 0.2) is 18.2 Å². The highest BCUT2D eigenvalue weighted by Crippen LogP contribution is 2.26. The standard InChI is InChI=1S/C14H19N3O/c1-9-5-6-10(2)14(11(9)3)18-8-12-7-13(15)17(4)16-12/h5-7H,8,15H2,1-4H3. The van der Waals surface area contributed by atoms with Crippen LogP contribution in [0.1, 0.15) is 22.4 Å². The monoisotopic (exact) mass is 245 g/mol. The van der Waals surface area contributed by atoms with Crippen molar-refractivity contribution in [1.82, 2.24) is 9.78 Å². The van der Waals surface area contributed by atoms with Gasteiger partial charge in [-0.05, 0) is 37.5 Å². The topological polar surface area (TPSA) is 53.1 Å². The second-order valence-electron chi connectivity index (χ2n) is 4.63. The van der Waals surface area contributed by atoms with Gasteiger partial charge in [0.25, 0.3) is 0 Å². The molecule has 0 spiro atoms. The summed E-state index contributed by atoms with van der Waals surface area (Å²) in [6, 6.07) is 6.02. The van der Waals surface area contributed by atoms with Crippen LogP contribution >= 0.6 is 0 Å². The number of aromatic nitrogens is 2. The molecule has 1 heterocycles. The predicted molar refractivity (Wildman–Crippen MR) is 72.6 cm³/mol. The number of aryl methyl sites for hydroxylation is 3. The van der Waals surface area contributed by atoms with Crippen molar-refractivity contribution < 1.29 is 4.74 Å². The van der Waals surface area contributed by atoms with Crippen molar-refractivity contribution in [3.8, 4) is 5.75 Å². The Morgan fingerprint density at radius 3 is 2.50 bits per heavy atom. The van der Waals surface area contributed by atoms with Crippen LogP contribution in [0.4, 0.5) is 5.82 Å². The summed E-state index contributed by atoms with van der Waals surface area (Å²) in [6.07, 6.45) is 0. The number of nitrogens with two attached hydrogens (primary N) is 1. The summed E-state index contributed by atoms with van der Waals surface area (Å²) < 4.78 is 7.52. The lowest BCUT2D eigenvalue weighted by atomic mass is 10.1. The molecule has 0 unspecified atom stereocenters. The molecule has 0 radical (unpaired) electrons. The Kier molecular flexibility index (Phi) is 3.28. The van der Waals surface area contributed by atoms with E-state index in [0.717, 1.165) is 17.0 Å². The van der Waals surface area contributed by atoms with Gasteiger partial charge in [-0.2, -0.15) is 5.10 Å². The Morgan fingerprint density at radius 2 is 1.89 bits per heavy atom. The first kappa shape index (κ1) is 12.5. The highest BCUT2D eigenvalue weighted by Gasteiger charge is 2.08. The van der Waals surface area contributed by atoms with Gasteiger partial charge >= 0.3 is 0 Å². The zero-order valence-corrected chi connectivity index (χ0v) is 11.3. The molecule has 0 fully saturated rings. The summed E-state index contributed by atoms with van der Waals surface area (Å²) in [6.45, 7) is 6.65. The van der Waals surface area contributed by atoms with E-state index in [4.69, 9.17) is 10.5 Å². The molecular weight excluding hydrogens is 226 g/mol. The van der Waals surface area contributed by atoms with Crippen LogP contribution in [0.3, 0.4) is 0 Å². The first-order valence-corrected chi connectivity index (χ1v) is 5.97. The first-order valence-electron chi connectivity index (χ1n) is 5.97. The van der Waals surface area contributed by atoms with Gasteiger partial charge in [-0.25, -0.2) is 0 Å². The lowest BCUT2D eigenvalue weighted by Crippen LogP contribution is -2.01. The number of benzene rings is 1. The van der Waals surface area contributed by atoms with Crippen LogP contribution in [-0.4, -0.2) is 9.78 Å². The molecule has 0 bridgehead atoms. The van der Waals surface area contributed by atoms with Gasteiger partial charge in [0.2, 0.25) is 0 Å². The summed E-state index contributed by atoms with van der Waals surface area (Å²) in [7, 11) is 1.82. The van der Waals surface area contributed by atoms with Gasteiger partial charge in [-0.1, -0.05) is 12.1 Å². The third-order valence-electron chi connectivity index (χ3n) is 3.20. The Labute approximate surface area is 107 Å². The summed E-state index contributed by atoms with van der Waals surface area (Å²) in [4.78, 5) is 0. The Hall–Kier alpha value is -1.97. The van der Waals surface area contributed by atoms with Crippen molar-refractivity contribution in [2.45, 2.75) is 27.4 Å². The van der Waals surface area contributed by atoms with Crippen LogP contribution in [0, 0.1) is 20.8 Å². The molecule has 2 rings (SSSR count). The molecule has 0 amide bonds. The van der Waals surface area contributed by atoms with Gasteiger partial charge in [0.05, 0.1) is 0 Å². The van der Waals surface area contributed by atoms with E-state index in [1.165, 1.54) is 11.1 Å². The van der Waals surface area contributed by atoms with E-state index in [0.29, 0.717) is 12.4 Å². The van der Waals surface area contributed by atoms with E-state index in [1.807, 2.05) is 13.1 Å². The van der Waals surface area contributed by atoms with Gasteiger partial charge < -0.3 is 10.5 Å². The van der Waals surface area contributed by atoms with E-state index >= 15 is 0 Å². The van der Waals surface area contributed by atoms with Crippen LogP contribution in [0.25, 0.3) is 0 Å². The number of nitrogens with zero attached hydrogens (tertiary/aromatic N) is 2. The van der Waals surface area contributed by atoms with Crippen LogP contribution in [-0.2, 0) is 13.7 Å². The molecular formula is C14H19N3O. The molecule has 2 N–H and O–H groups in total. The van der Waals surface area contributed by atoms with Crippen molar-refractivity contribution in [2.75, 3.05) is 5.73 Å². The maximum atomic E-state index is 5.87. The Morgan fingerprint density at radius 1 is 1.22 bits per heavy atom. The minimum absolute atomic E-state index is 0.441. The Bertz CT molecular complexity index is 553. The molecule has 2 aromatic rings. The van der Waals surface area contributed by atoms with E-state index < -0.39 is 0 Å². The number of ether oxygens (including phenoxy) is 1. The molecule has 0 aliphatic carbocycles. The quantitative estimate of drug-likeness (QED) is 0.904. The third kappa shape index (κ3) is 2.32. The van der Waals surface area contributed by atoms with Crippen LogP contribution < -0.4 is 10.5 Å². The van der Waals surface area contributed by atoms with E-state index in [2.05, 4.69) is 38.0 Å². The lowest BCUT2D eigenvalue weighted by Gasteiger charge is -2.12. The molecule has 1 aromatic carbocycles. The molecule has 0 aliphatic rings. The minimum atomic E-state index is 0.441. The molecule has 0 atom stereocenters. The summed E-state index contributed by atoms with van der Waals surface area (Å²) in [5.74, 6) is 1.59. The van der Waals surface area contributed by atoms with E-state index in [1.54, 1.807) is 4.68 Å². The van der Waals surface area contributed by atoms with Gasteiger partial charge in [-0.15, -0.1) is 0 Å². The highest BCUT2D eigenvalue weighted by molar-refractivity contribution is 5.44. The average Bonchev–Trinajstić information content (AvgIpc) is 2.64. The minimum Gasteiger partial charge on any atom is -0.487 e. The van der Waals surface area contributed by atoms with Crippen LogP contribution in [0.2, 0.25) is 0 Å². The van der Waals surface area contributed by atoms with Crippen molar-refractivity contribution in [3.63, 3.8) is 0 Å². The average molecular weight is 245 g/mol. The maximum Gasteiger partial charge on any atom is 0.132 e. The largest absolute Gasteiger partial charge is 0.487 e. The van der Waals surface area contributed by atoms with E-state index in [-0.39, 0.29) is 0 Å². The molecule has 4 heteroatoms. The zero-order valence-electron chi connectivity index (χ0n) is 11.3. The van der Waals surface area contributed by atoms with E-state index in [9.17, 15) is 0 Å². The fourth-order valence-electron chi connectivity index (χ4n) is 1.91. The summed E-state index contributed by atoms with van der Waals surface area (Å²) >= 11 is 0. The summed E-state index contributed by atoms with van der Waals surface area (Å²) in [5, 5.41) is 4.27. The van der Waals surface area contributed by atoms with Gasteiger partial charge in [0, 0.05) is 13.1 Å². The SMILES string of the molecule is Cc1ccc(C)c(OCc2cc(N)n(C)n2)c1C. The van der Waals surface area contributed by atoms with Crippen molar-refractivity contribution in [1.29, 1.82) is 0 Å². The molecule has 96 valence electrons. The summed E-state index contributed by atoms with van der Waals surface area (Å²) in [5.41, 5.74) is 10.1. The molecule has 0 saturated heterocycles. The number of nitrogen functional groups attached to an aromatic ring is 1. The fraction of sp³-hybridized carbons (Fsp3) is 0.357. The number of rotatable bonds is 3. The molecule has 4 nitrogen and oxygen atoms in total. The van der Waals surface area contributed by atoms with Crippen molar-refractivity contribution in [2.24, 2.45) is 7.05 Å². The zero-order chi connectivity index (χ0) is 13.3. The molecule has 0 saturated carbocycles. The van der Waals surface area contributed by atoms with Crippen LogP contribution in [0.5, 0.6) is 5.75 Å². The predicted octanol–water partition coefficient (Wildman–Crippen LogP) is 2.51. The molecule has 1 aromatic heterocycles. The Balaban J connectivity index is 2.18. The first-order chi connectivity index (χ1) is 8.49. The maximum absolute atomic E-state index is 5.87. The fourth-order valence-corrected chi connectivity index (χ4v) is 1.91. The third-order valence-corrected chi connectivity index (χ3v) is 3.20. The molecule has 0 aliphatic heterocycles. The van der Waals surface area contributed by atoms with Crippen molar-refractivity contribution >= 4 is 5.82 Å². The normalized spacial score (nSPS) is 10.7. The number of hydrogen-bond acceptors (Lipinski definition) is 3. The van der Waals surface area contributed by atoms with Gasteiger partial charge in [0.15, 0.2) is 0 Å². The highest BCUT2D eigenvalue weighted by atomic mass is 16.5. The van der Waals surface area contributed by atoms with Gasteiger partial charge in [0.1, 0.15) is 23.9 Å². The molecule has 18 heavy (non-hydrogen) atoms. The second-order valence-corrected chi connectivity index (χ2v) is 4.63. The smallest absolute Gasteiger partial charge is 0.132 e. The number of hydrogen-bond donors (Lipinski definition) is 1. The number of anilines is 1.